The summed E-state index contributed by atoms with van der Waals surface area (Å²) >= 11 is 0. The standard InChI is InChI=1S/C15H18N2/c1-10-7-12(3-5-14(10)16)9-13-4-6-15(17)11(2)8-13/h3-8H,9,16-17H2,1-2H3/i/hD4. The van der Waals surface area contributed by atoms with Crippen LogP contribution in [0, 0.1) is 13.8 Å². The summed E-state index contributed by atoms with van der Waals surface area (Å²) in [6.45, 7) is 3.78. The molecule has 0 saturated carbocycles. The minimum atomic E-state index is 0.573. The molecule has 0 spiro atoms. The van der Waals surface area contributed by atoms with Crippen molar-refractivity contribution in [3.63, 3.8) is 0 Å². The molecule has 0 heterocycles. The van der Waals surface area contributed by atoms with Gasteiger partial charge in [0.15, 0.2) is 5.65 Å². The highest BCUT2D eigenvalue weighted by Gasteiger charge is 2.01. The molecule has 2 rings (SSSR count). The summed E-state index contributed by atoms with van der Waals surface area (Å²) in [5.41, 5.74) is 6.40. The molecule has 0 radical (unpaired) electrons. The van der Waals surface area contributed by atoms with Crippen molar-refractivity contribution in [2.75, 3.05) is 11.4 Å². The third-order valence-corrected chi connectivity index (χ3v) is 2.93. The molecule has 88 valence electrons. The van der Waals surface area contributed by atoms with Crippen LogP contribution in [0.25, 0.3) is 0 Å². The van der Waals surface area contributed by atoms with E-state index in [0.717, 1.165) is 28.7 Å². The third-order valence-electron chi connectivity index (χ3n) is 2.93. The Labute approximate surface area is 108 Å². The summed E-state index contributed by atoms with van der Waals surface area (Å²) in [6, 6.07) is 11.4. The molecule has 2 aromatic carbocycles. The largest absolute Gasteiger partial charge is 0.399 e. The first-order valence-electron chi connectivity index (χ1n) is 7.42. The van der Waals surface area contributed by atoms with E-state index >= 15 is 0 Å². The van der Waals surface area contributed by atoms with Gasteiger partial charge in [-0.2, -0.15) is 0 Å². The van der Waals surface area contributed by atoms with Gasteiger partial charge in [0.1, 0.15) is 0 Å². The Balaban J connectivity index is 2.22. The maximum atomic E-state index is 7.30. The number of nitrogens with two attached hydrogens (primary N) is 2. The van der Waals surface area contributed by atoms with Crippen molar-refractivity contribution >= 4 is 11.4 Å². The lowest BCUT2D eigenvalue weighted by atomic mass is 10.0. The second kappa shape index (κ2) is 4.50. The lowest BCUT2D eigenvalue weighted by molar-refractivity contribution is 1.17. The molecule has 0 unspecified atom stereocenters. The fourth-order valence-electron chi connectivity index (χ4n) is 1.89. The number of benzene rings is 2. The van der Waals surface area contributed by atoms with Gasteiger partial charge in [-0.15, -0.1) is 0 Å². The molecule has 17 heavy (non-hydrogen) atoms. The highest BCUT2D eigenvalue weighted by molar-refractivity contribution is 5.50. The second-order valence-electron chi connectivity index (χ2n) is 4.42. The molecular weight excluding hydrogens is 208 g/mol. The topological polar surface area (TPSA) is 52.0 Å². The summed E-state index contributed by atoms with van der Waals surface area (Å²) in [5.74, 6) is 0. The SMILES string of the molecule is [2H]N([2H])c1ccc(Cc2ccc(N([2H])[2H])c(C)c2)cc1C. The van der Waals surface area contributed by atoms with E-state index in [4.69, 9.17) is 5.65 Å². The minimum absolute atomic E-state index is 0.573. The van der Waals surface area contributed by atoms with Gasteiger partial charge in [0.05, 0.1) is 0 Å². The first kappa shape index (κ1) is 7.38. The van der Waals surface area contributed by atoms with Gasteiger partial charge >= 0.3 is 0 Å². The average molecular weight is 230 g/mol. The van der Waals surface area contributed by atoms with Gasteiger partial charge in [-0.3, -0.25) is 0 Å². The number of rotatable bonds is 4. The van der Waals surface area contributed by atoms with Crippen LogP contribution in [-0.2, 0) is 6.42 Å². The van der Waals surface area contributed by atoms with E-state index in [1.165, 1.54) is 0 Å². The number of hydrogen-bond acceptors (Lipinski definition) is 2. The molecule has 0 bridgehead atoms. The maximum absolute atomic E-state index is 7.30. The van der Waals surface area contributed by atoms with Crippen molar-refractivity contribution in [2.24, 2.45) is 0 Å². The van der Waals surface area contributed by atoms with Crippen molar-refractivity contribution < 1.29 is 5.65 Å². The first-order valence-corrected chi connectivity index (χ1v) is 5.63. The fourth-order valence-corrected chi connectivity index (χ4v) is 1.89. The highest BCUT2D eigenvalue weighted by Crippen LogP contribution is 2.18. The van der Waals surface area contributed by atoms with Crippen molar-refractivity contribution in [1.29, 1.82) is 0 Å². The van der Waals surface area contributed by atoms with E-state index in [9.17, 15) is 0 Å². The Bertz CT molecular complexity index is 586. The highest BCUT2D eigenvalue weighted by atomic mass is 14.6. The molecule has 2 aromatic rings. The number of nitrogen functional groups attached to an aromatic ring is 2. The van der Waals surface area contributed by atoms with Crippen LogP contribution in [0.2, 0.25) is 5.65 Å². The maximum Gasteiger partial charge on any atom is 0.156 e. The van der Waals surface area contributed by atoms with Crippen LogP contribution >= 0.6 is 0 Å². The minimum Gasteiger partial charge on any atom is -0.399 e. The van der Waals surface area contributed by atoms with Gasteiger partial charge in [0.25, 0.3) is 0 Å². The van der Waals surface area contributed by atoms with E-state index < -0.39 is 0 Å². The summed E-state index contributed by atoms with van der Waals surface area (Å²) in [6.07, 6.45) is 0.744. The van der Waals surface area contributed by atoms with E-state index in [0.29, 0.717) is 22.8 Å². The molecular formula is C15H18N2. The predicted molar refractivity (Wildman–Crippen MR) is 74.0 cm³/mol. The summed E-state index contributed by atoms with van der Waals surface area (Å²) < 4.78 is 29.2. The molecule has 0 aliphatic heterocycles. The molecule has 0 atom stereocenters. The Kier molecular flexibility index (Phi) is 1.95. The van der Waals surface area contributed by atoms with Crippen molar-refractivity contribution in [2.45, 2.75) is 20.3 Å². The van der Waals surface area contributed by atoms with Crippen molar-refractivity contribution in [1.82, 2.24) is 0 Å². The molecule has 2 heteroatoms. The van der Waals surface area contributed by atoms with E-state index in [-0.39, 0.29) is 0 Å². The molecule has 0 fully saturated rings. The molecule has 0 saturated heterocycles. The lowest BCUT2D eigenvalue weighted by Crippen LogP contribution is -1.95. The predicted octanol–water partition coefficient (Wildman–Crippen LogP) is 3.06. The summed E-state index contributed by atoms with van der Waals surface area (Å²) in [4.78, 5) is 0. The number of hydrogen-bond donors (Lipinski definition) is 2. The zero-order valence-corrected chi connectivity index (χ0v) is 10.1. The van der Waals surface area contributed by atoms with E-state index in [2.05, 4.69) is 0 Å². The quantitative estimate of drug-likeness (QED) is 0.793. The number of aryl methyl sites for hydroxylation is 2. The van der Waals surface area contributed by atoms with E-state index in [1.54, 1.807) is 12.1 Å². The molecule has 0 aliphatic rings. The zero-order valence-electron chi connectivity index (χ0n) is 14.1. The van der Waals surface area contributed by atoms with Gasteiger partial charge in [-0.25, -0.2) is 0 Å². The average Bonchev–Trinajstić information content (AvgIpc) is 2.37. The van der Waals surface area contributed by atoms with Crippen LogP contribution in [0.3, 0.4) is 0 Å². The van der Waals surface area contributed by atoms with Gasteiger partial charge in [0.2, 0.25) is 0 Å². The van der Waals surface area contributed by atoms with Gasteiger partial charge in [-0.05, 0) is 54.7 Å². The van der Waals surface area contributed by atoms with E-state index in [1.807, 2.05) is 38.1 Å². The first-order chi connectivity index (χ1) is 9.88. The molecule has 4 N–H and O–H groups in total. The van der Waals surface area contributed by atoms with Crippen molar-refractivity contribution in [3.05, 3.63) is 58.7 Å². The summed E-state index contributed by atoms with van der Waals surface area (Å²) in [7, 11) is 0. The van der Waals surface area contributed by atoms with Crippen LogP contribution in [0.15, 0.2) is 36.4 Å². The van der Waals surface area contributed by atoms with Gasteiger partial charge in [0, 0.05) is 11.4 Å². The Morgan fingerprint density at radius 2 is 1.35 bits per heavy atom. The lowest BCUT2D eigenvalue weighted by Gasteiger charge is -2.07. The molecule has 2 nitrogen and oxygen atoms in total. The zero-order chi connectivity index (χ0) is 15.6. The Hall–Kier alpha value is -1.96. The number of anilines is 2. The van der Waals surface area contributed by atoms with Crippen LogP contribution in [-0.4, -0.2) is 0 Å². The fraction of sp³-hybridized carbons (Fsp3) is 0.200. The smallest absolute Gasteiger partial charge is 0.156 e. The van der Waals surface area contributed by atoms with Crippen LogP contribution in [0.4, 0.5) is 11.4 Å². The van der Waals surface area contributed by atoms with Crippen LogP contribution in [0.1, 0.15) is 22.3 Å². The van der Waals surface area contributed by atoms with Crippen LogP contribution < -0.4 is 11.4 Å². The Morgan fingerprint density at radius 1 is 0.882 bits per heavy atom. The molecule has 0 amide bonds. The normalized spacial score (nSPS) is 13.3. The molecule has 0 aromatic heterocycles. The second-order valence-corrected chi connectivity index (χ2v) is 4.42. The van der Waals surface area contributed by atoms with Gasteiger partial charge < -0.3 is 11.4 Å². The summed E-state index contributed by atoms with van der Waals surface area (Å²) in [5, 5.41) is 0. The Morgan fingerprint density at radius 3 is 1.71 bits per heavy atom. The monoisotopic (exact) mass is 230 g/mol. The molecule has 0 aliphatic carbocycles. The van der Waals surface area contributed by atoms with Crippen LogP contribution in [0.5, 0.6) is 0 Å². The third kappa shape index (κ3) is 2.59. The van der Waals surface area contributed by atoms with Gasteiger partial charge in [-0.1, -0.05) is 24.3 Å². The van der Waals surface area contributed by atoms with Crippen molar-refractivity contribution in [3.8, 4) is 0 Å².